The van der Waals surface area contributed by atoms with Gasteiger partial charge in [-0.3, -0.25) is 5.10 Å². The monoisotopic (exact) mass is 190 g/mol. The van der Waals surface area contributed by atoms with Crippen molar-refractivity contribution in [2.45, 2.75) is 13.3 Å². The first-order valence-corrected chi connectivity index (χ1v) is 4.49. The van der Waals surface area contributed by atoms with Crippen molar-refractivity contribution in [3.63, 3.8) is 0 Å². The van der Waals surface area contributed by atoms with Gasteiger partial charge in [0.2, 0.25) is 0 Å². The van der Waals surface area contributed by atoms with Crippen molar-refractivity contribution in [2.24, 2.45) is 0 Å². The van der Waals surface area contributed by atoms with Crippen LogP contribution in [0.1, 0.15) is 16.8 Å². The third-order valence-electron chi connectivity index (χ3n) is 2.26. The molecule has 0 spiro atoms. The van der Waals surface area contributed by atoms with Gasteiger partial charge < -0.3 is 0 Å². The summed E-state index contributed by atoms with van der Waals surface area (Å²) in [6.07, 6.45) is 2.31. The smallest absolute Gasteiger partial charge is 0.126 e. The summed E-state index contributed by atoms with van der Waals surface area (Å²) in [5.41, 5.74) is 2.73. The lowest BCUT2D eigenvalue weighted by Crippen LogP contribution is -1.94. The zero-order valence-corrected chi connectivity index (χ0v) is 7.92. The van der Waals surface area contributed by atoms with E-state index >= 15 is 0 Å². The maximum Gasteiger partial charge on any atom is 0.126 e. The molecule has 3 heteroatoms. The van der Waals surface area contributed by atoms with Crippen LogP contribution in [-0.4, -0.2) is 10.2 Å². The topological polar surface area (TPSA) is 28.7 Å². The lowest BCUT2D eigenvalue weighted by Gasteiger charge is -2.01. The van der Waals surface area contributed by atoms with Crippen LogP contribution in [0.15, 0.2) is 30.5 Å². The molecule has 1 N–H and O–H groups in total. The number of aromatic amines is 1. The number of hydrogen-bond donors (Lipinski definition) is 1. The molecule has 14 heavy (non-hydrogen) atoms. The number of rotatable bonds is 2. The largest absolute Gasteiger partial charge is 0.282 e. The van der Waals surface area contributed by atoms with Gasteiger partial charge in [-0.05, 0) is 24.1 Å². The van der Waals surface area contributed by atoms with Crippen molar-refractivity contribution in [3.05, 3.63) is 53.1 Å². The standard InChI is InChI=1S/C11H11FN2/c1-8-7-13-14-11(8)6-9-4-2-3-5-10(9)12/h2-5,7H,6H2,1H3,(H,13,14). The minimum Gasteiger partial charge on any atom is -0.282 e. The van der Waals surface area contributed by atoms with E-state index < -0.39 is 0 Å². The molecule has 2 rings (SSSR count). The first-order valence-electron chi connectivity index (χ1n) is 4.49. The molecular weight excluding hydrogens is 179 g/mol. The van der Waals surface area contributed by atoms with Gasteiger partial charge in [-0.25, -0.2) is 4.39 Å². The van der Waals surface area contributed by atoms with E-state index in [1.54, 1.807) is 18.3 Å². The van der Waals surface area contributed by atoms with Gasteiger partial charge in [0, 0.05) is 12.1 Å². The van der Waals surface area contributed by atoms with Crippen molar-refractivity contribution in [3.8, 4) is 0 Å². The Balaban J connectivity index is 2.28. The molecule has 0 aliphatic heterocycles. The molecule has 1 aromatic heterocycles. The molecule has 0 unspecified atom stereocenters. The van der Waals surface area contributed by atoms with Crippen LogP contribution in [0, 0.1) is 12.7 Å². The van der Waals surface area contributed by atoms with E-state index in [0.29, 0.717) is 12.0 Å². The van der Waals surface area contributed by atoms with Gasteiger partial charge in [-0.1, -0.05) is 18.2 Å². The Labute approximate surface area is 81.8 Å². The summed E-state index contributed by atoms with van der Waals surface area (Å²) < 4.78 is 13.3. The molecule has 72 valence electrons. The normalized spacial score (nSPS) is 10.4. The molecule has 0 bridgehead atoms. The van der Waals surface area contributed by atoms with Crippen molar-refractivity contribution in [1.82, 2.24) is 10.2 Å². The Morgan fingerprint density at radius 2 is 2.14 bits per heavy atom. The molecule has 1 heterocycles. The highest BCUT2D eigenvalue weighted by Gasteiger charge is 2.05. The summed E-state index contributed by atoms with van der Waals surface area (Å²) in [5.74, 6) is -0.165. The van der Waals surface area contributed by atoms with Crippen molar-refractivity contribution in [1.29, 1.82) is 0 Å². The molecule has 0 saturated heterocycles. The molecule has 2 nitrogen and oxygen atoms in total. The van der Waals surface area contributed by atoms with Crippen molar-refractivity contribution < 1.29 is 4.39 Å². The summed E-state index contributed by atoms with van der Waals surface area (Å²) in [4.78, 5) is 0. The van der Waals surface area contributed by atoms with Gasteiger partial charge >= 0.3 is 0 Å². The number of nitrogens with zero attached hydrogens (tertiary/aromatic N) is 1. The Morgan fingerprint density at radius 3 is 2.79 bits per heavy atom. The van der Waals surface area contributed by atoms with E-state index in [9.17, 15) is 4.39 Å². The van der Waals surface area contributed by atoms with E-state index in [4.69, 9.17) is 0 Å². The Kier molecular flexibility index (Phi) is 2.31. The molecular formula is C11H11FN2. The fourth-order valence-corrected chi connectivity index (χ4v) is 1.38. The summed E-state index contributed by atoms with van der Waals surface area (Å²) in [5, 5.41) is 6.76. The lowest BCUT2D eigenvalue weighted by atomic mass is 10.1. The second-order valence-corrected chi connectivity index (χ2v) is 3.30. The van der Waals surface area contributed by atoms with Crippen LogP contribution >= 0.6 is 0 Å². The number of aromatic nitrogens is 2. The maximum absolute atomic E-state index is 13.3. The van der Waals surface area contributed by atoms with Crippen molar-refractivity contribution in [2.75, 3.05) is 0 Å². The molecule has 0 amide bonds. The zero-order valence-electron chi connectivity index (χ0n) is 7.92. The highest BCUT2D eigenvalue weighted by Crippen LogP contribution is 2.13. The maximum atomic E-state index is 13.3. The molecule has 0 radical (unpaired) electrons. The molecule has 2 aromatic rings. The Hall–Kier alpha value is -1.64. The van der Waals surface area contributed by atoms with Crippen LogP contribution in [0.2, 0.25) is 0 Å². The number of halogens is 1. The van der Waals surface area contributed by atoms with Crippen LogP contribution in [0.3, 0.4) is 0 Å². The summed E-state index contributed by atoms with van der Waals surface area (Å²) in [6.45, 7) is 1.96. The Bertz CT molecular complexity index is 434. The minimum absolute atomic E-state index is 0.165. The van der Waals surface area contributed by atoms with Crippen LogP contribution in [0.25, 0.3) is 0 Å². The highest BCUT2D eigenvalue weighted by molar-refractivity contribution is 5.26. The number of nitrogens with one attached hydrogen (secondary N) is 1. The van der Waals surface area contributed by atoms with E-state index in [1.165, 1.54) is 6.07 Å². The number of aryl methyl sites for hydroxylation is 1. The number of benzene rings is 1. The zero-order chi connectivity index (χ0) is 9.97. The van der Waals surface area contributed by atoms with Crippen LogP contribution in [-0.2, 0) is 6.42 Å². The lowest BCUT2D eigenvalue weighted by molar-refractivity contribution is 0.613. The van der Waals surface area contributed by atoms with E-state index in [2.05, 4.69) is 10.2 Å². The molecule has 0 saturated carbocycles. The van der Waals surface area contributed by atoms with Crippen LogP contribution in [0.5, 0.6) is 0 Å². The van der Waals surface area contributed by atoms with Gasteiger partial charge in [-0.2, -0.15) is 5.10 Å². The third kappa shape index (κ3) is 1.66. The highest BCUT2D eigenvalue weighted by atomic mass is 19.1. The van der Waals surface area contributed by atoms with Gasteiger partial charge in [0.25, 0.3) is 0 Å². The van der Waals surface area contributed by atoms with E-state index in [0.717, 1.165) is 11.3 Å². The third-order valence-corrected chi connectivity index (χ3v) is 2.26. The first kappa shape index (κ1) is 8.94. The Morgan fingerprint density at radius 1 is 1.36 bits per heavy atom. The van der Waals surface area contributed by atoms with Gasteiger partial charge in [-0.15, -0.1) is 0 Å². The van der Waals surface area contributed by atoms with Crippen LogP contribution in [0.4, 0.5) is 4.39 Å². The second kappa shape index (κ2) is 3.62. The number of hydrogen-bond acceptors (Lipinski definition) is 1. The molecule has 1 aromatic carbocycles. The van der Waals surface area contributed by atoms with Gasteiger partial charge in [0.05, 0.1) is 6.20 Å². The quantitative estimate of drug-likeness (QED) is 0.774. The van der Waals surface area contributed by atoms with Gasteiger partial charge in [0.1, 0.15) is 5.82 Å². The SMILES string of the molecule is Cc1cn[nH]c1Cc1ccccc1F. The fraction of sp³-hybridized carbons (Fsp3) is 0.182. The summed E-state index contributed by atoms with van der Waals surface area (Å²) in [6, 6.07) is 6.79. The molecule has 0 atom stereocenters. The number of H-pyrrole nitrogens is 1. The fourth-order valence-electron chi connectivity index (χ4n) is 1.38. The summed E-state index contributed by atoms with van der Waals surface area (Å²) in [7, 11) is 0. The predicted octanol–water partition coefficient (Wildman–Crippen LogP) is 2.45. The average molecular weight is 190 g/mol. The molecule has 0 fully saturated rings. The van der Waals surface area contributed by atoms with E-state index in [1.807, 2.05) is 13.0 Å². The van der Waals surface area contributed by atoms with Gasteiger partial charge in [0.15, 0.2) is 0 Å². The predicted molar refractivity (Wildman–Crippen MR) is 52.5 cm³/mol. The van der Waals surface area contributed by atoms with Crippen LogP contribution < -0.4 is 0 Å². The second-order valence-electron chi connectivity index (χ2n) is 3.30. The van der Waals surface area contributed by atoms with E-state index in [-0.39, 0.29) is 5.82 Å². The summed E-state index contributed by atoms with van der Waals surface area (Å²) >= 11 is 0. The molecule has 0 aliphatic rings. The first-order chi connectivity index (χ1) is 6.77. The molecule has 0 aliphatic carbocycles. The average Bonchev–Trinajstić information content (AvgIpc) is 2.56. The minimum atomic E-state index is -0.165. The van der Waals surface area contributed by atoms with Crippen molar-refractivity contribution >= 4 is 0 Å².